The maximum Gasteiger partial charge on any atom is 0.364 e. The van der Waals surface area contributed by atoms with Crippen molar-refractivity contribution in [2.45, 2.75) is 0 Å². The number of carbonyl (C=O) groups is 1. The van der Waals surface area contributed by atoms with Crippen molar-refractivity contribution in [1.82, 2.24) is 0 Å². The first-order chi connectivity index (χ1) is 10.7. The van der Waals surface area contributed by atoms with E-state index in [4.69, 9.17) is 9.47 Å². The SMILES string of the molecule is COc1ccc(NC2=N/C(=C/c3ccccc3)C(=O)O2)cc1. The Morgan fingerprint density at radius 1 is 1.09 bits per heavy atom. The van der Waals surface area contributed by atoms with Gasteiger partial charge in [0.05, 0.1) is 7.11 Å². The Bertz CT molecular complexity index is 734. The lowest BCUT2D eigenvalue weighted by molar-refractivity contribution is -0.129. The zero-order valence-corrected chi connectivity index (χ0v) is 11.9. The number of nitrogens with zero attached hydrogens (tertiary/aromatic N) is 1. The molecule has 0 radical (unpaired) electrons. The molecule has 1 heterocycles. The smallest absolute Gasteiger partial charge is 0.364 e. The van der Waals surface area contributed by atoms with Gasteiger partial charge in [-0.2, -0.15) is 4.99 Å². The number of methoxy groups -OCH3 is 1. The van der Waals surface area contributed by atoms with E-state index < -0.39 is 5.97 Å². The topological polar surface area (TPSA) is 59.9 Å². The second kappa shape index (κ2) is 6.13. The third kappa shape index (κ3) is 3.15. The first-order valence-electron chi connectivity index (χ1n) is 6.73. The molecule has 0 atom stereocenters. The van der Waals surface area contributed by atoms with E-state index in [1.165, 1.54) is 0 Å². The first-order valence-corrected chi connectivity index (χ1v) is 6.73. The number of cyclic esters (lactones) is 1. The largest absolute Gasteiger partial charge is 0.497 e. The van der Waals surface area contributed by atoms with Gasteiger partial charge in [0.1, 0.15) is 5.75 Å². The summed E-state index contributed by atoms with van der Waals surface area (Å²) >= 11 is 0. The van der Waals surface area contributed by atoms with Gasteiger partial charge in [0.15, 0.2) is 5.70 Å². The number of carbonyl (C=O) groups excluding carboxylic acids is 1. The van der Waals surface area contributed by atoms with Crippen molar-refractivity contribution < 1.29 is 14.3 Å². The number of amidine groups is 1. The first kappa shape index (κ1) is 13.9. The number of hydrogen-bond acceptors (Lipinski definition) is 5. The van der Waals surface area contributed by atoms with Crippen LogP contribution < -0.4 is 10.1 Å². The highest BCUT2D eigenvalue weighted by atomic mass is 16.6. The van der Waals surface area contributed by atoms with Crippen LogP contribution in [0.15, 0.2) is 65.3 Å². The fraction of sp³-hybridized carbons (Fsp3) is 0.0588. The van der Waals surface area contributed by atoms with E-state index in [0.29, 0.717) is 0 Å². The van der Waals surface area contributed by atoms with Crippen LogP contribution in [0, 0.1) is 0 Å². The fourth-order valence-corrected chi connectivity index (χ4v) is 1.97. The Morgan fingerprint density at radius 2 is 1.82 bits per heavy atom. The molecule has 0 aliphatic carbocycles. The Kier molecular flexibility index (Phi) is 3.87. The van der Waals surface area contributed by atoms with E-state index in [1.54, 1.807) is 25.3 Å². The summed E-state index contributed by atoms with van der Waals surface area (Å²) in [5.74, 6) is 0.278. The quantitative estimate of drug-likeness (QED) is 0.698. The van der Waals surface area contributed by atoms with Crippen LogP contribution in [-0.2, 0) is 9.53 Å². The predicted molar refractivity (Wildman–Crippen MR) is 84.6 cm³/mol. The van der Waals surface area contributed by atoms with Crippen LogP contribution in [0.5, 0.6) is 5.75 Å². The molecule has 0 unspecified atom stereocenters. The number of nitrogens with one attached hydrogen (secondary N) is 1. The molecular formula is C17H14N2O3. The van der Waals surface area contributed by atoms with Crippen LogP contribution >= 0.6 is 0 Å². The lowest BCUT2D eigenvalue weighted by Gasteiger charge is -2.05. The molecule has 5 heteroatoms. The molecule has 22 heavy (non-hydrogen) atoms. The molecule has 0 saturated heterocycles. The maximum atomic E-state index is 11.8. The van der Waals surface area contributed by atoms with Crippen molar-refractivity contribution in [1.29, 1.82) is 0 Å². The van der Waals surface area contributed by atoms with E-state index in [-0.39, 0.29) is 11.7 Å². The number of benzene rings is 2. The molecule has 0 spiro atoms. The molecule has 1 N–H and O–H groups in total. The minimum absolute atomic E-state index is 0.164. The molecule has 110 valence electrons. The van der Waals surface area contributed by atoms with E-state index in [9.17, 15) is 4.79 Å². The Morgan fingerprint density at radius 3 is 2.50 bits per heavy atom. The summed E-state index contributed by atoms with van der Waals surface area (Å²) in [5.41, 5.74) is 1.92. The Balaban J connectivity index is 1.76. The minimum Gasteiger partial charge on any atom is -0.497 e. The van der Waals surface area contributed by atoms with Gasteiger partial charge in [-0.3, -0.25) is 0 Å². The zero-order valence-electron chi connectivity index (χ0n) is 11.9. The van der Waals surface area contributed by atoms with Crippen molar-refractivity contribution in [3.05, 3.63) is 65.9 Å². The lowest BCUT2D eigenvalue weighted by atomic mass is 10.2. The number of esters is 1. The van der Waals surface area contributed by atoms with Gasteiger partial charge in [-0.15, -0.1) is 0 Å². The normalized spacial score (nSPS) is 15.4. The molecule has 2 aromatic carbocycles. The molecule has 3 rings (SSSR count). The number of ether oxygens (including phenoxy) is 2. The van der Waals surface area contributed by atoms with Crippen molar-refractivity contribution in [3.63, 3.8) is 0 Å². The van der Waals surface area contributed by atoms with Crippen molar-refractivity contribution in [3.8, 4) is 5.75 Å². The van der Waals surface area contributed by atoms with Gasteiger partial charge >= 0.3 is 12.0 Å². The molecule has 0 saturated carbocycles. The van der Waals surface area contributed by atoms with Crippen LogP contribution in [0.2, 0.25) is 0 Å². The molecule has 0 aromatic heterocycles. The molecule has 1 aliphatic rings. The van der Waals surface area contributed by atoms with E-state index >= 15 is 0 Å². The molecule has 5 nitrogen and oxygen atoms in total. The molecule has 0 amide bonds. The second-order valence-electron chi connectivity index (χ2n) is 4.60. The van der Waals surface area contributed by atoms with Crippen LogP contribution in [0.4, 0.5) is 5.69 Å². The van der Waals surface area contributed by atoms with Gasteiger partial charge in [-0.05, 0) is 35.9 Å². The molecule has 0 bridgehead atoms. The standard InChI is InChI=1S/C17H14N2O3/c1-21-14-9-7-13(8-10-14)18-17-19-15(16(20)22-17)11-12-5-3-2-4-6-12/h2-11H,1H3,(H,18,19)/b15-11+. The highest BCUT2D eigenvalue weighted by molar-refractivity contribution is 6.10. The minimum atomic E-state index is -0.472. The lowest BCUT2D eigenvalue weighted by Crippen LogP contribution is -2.13. The number of aliphatic imine (C=N–C) groups is 1. The summed E-state index contributed by atoms with van der Waals surface area (Å²) in [6.07, 6.45) is 1.69. The molecule has 1 aliphatic heterocycles. The summed E-state index contributed by atoms with van der Waals surface area (Å²) in [6, 6.07) is 16.9. The summed E-state index contributed by atoms with van der Waals surface area (Å²) in [6.45, 7) is 0. The number of anilines is 1. The second-order valence-corrected chi connectivity index (χ2v) is 4.60. The highest BCUT2D eigenvalue weighted by Crippen LogP contribution is 2.19. The predicted octanol–water partition coefficient (Wildman–Crippen LogP) is 3.06. The number of hydrogen-bond donors (Lipinski definition) is 1. The van der Waals surface area contributed by atoms with E-state index in [2.05, 4.69) is 10.3 Å². The fourth-order valence-electron chi connectivity index (χ4n) is 1.97. The molecule has 2 aromatic rings. The van der Waals surface area contributed by atoms with Crippen LogP contribution in [0.25, 0.3) is 6.08 Å². The third-order valence-electron chi connectivity index (χ3n) is 3.06. The Hall–Kier alpha value is -3.08. The van der Waals surface area contributed by atoms with Crippen molar-refractivity contribution in [2.75, 3.05) is 12.4 Å². The van der Waals surface area contributed by atoms with Crippen molar-refractivity contribution in [2.24, 2.45) is 4.99 Å². The summed E-state index contributed by atoms with van der Waals surface area (Å²) in [7, 11) is 1.60. The molecule has 0 fully saturated rings. The van der Waals surface area contributed by atoms with Gasteiger partial charge in [0, 0.05) is 5.69 Å². The van der Waals surface area contributed by atoms with Gasteiger partial charge in [0.2, 0.25) is 0 Å². The van der Waals surface area contributed by atoms with Crippen LogP contribution in [0.1, 0.15) is 5.56 Å². The monoisotopic (exact) mass is 294 g/mol. The summed E-state index contributed by atoms with van der Waals surface area (Å²) in [4.78, 5) is 16.0. The molecular weight excluding hydrogens is 280 g/mol. The van der Waals surface area contributed by atoms with E-state index in [0.717, 1.165) is 17.0 Å². The maximum absolute atomic E-state index is 11.8. The zero-order chi connectivity index (χ0) is 15.4. The van der Waals surface area contributed by atoms with Gasteiger partial charge in [-0.25, -0.2) is 4.79 Å². The summed E-state index contributed by atoms with van der Waals surface area (Å²) < 4.78 is 10.2. The van der Waals surface area contributed by atoms with E-state index in [1.807, 2.05) is 42.5 Å². The van der Waals surface area contributed by atoms with Gasteiger partial charge in [-0.1, -0.05) is 30.3 Å². The van der Waals surface area contributed by atoms with Gasteiger partial charge in [0.25, 0.3) is 0 Å². The van der Waals surface area contributed by atoms with Crippen molar-refractivity contribution >= 4 is 23.8 Å². The average Bonchev–Trinajstić information content (AvgIpc) is 2.88. The van der Waals surface area contributed by atoms with Gasteiger partial charge < -0.3 is 14.8 Å². The third-order valence-corrected chi connectivity index (χ3v) is 3.06. The number of rotatable bonds is 3. The Labute approximate surface area is 127 Å². The highest BCUT2D eigenvalue weighted by Gasteiger charge is 2.23. The average molecular weight is 294 g/mol. The van der Waals surface area contributed by atoms with Crippen LogP contribution in [-0.4, -0.2) is 19.1 Å². The summed E-state index contributed by atoms with van der Waals surface area (Å²) in [5, 5.41) is 2.95. The van der Waals surface area contributed by atoms with Crippen LogP contribution in [0.3, 0.4) is 0 Å².